The number of hydrogen-bond acceptors (Lipinski definition) is 2. The van der Waals surface area contributed by atoms with Crippen LogP contribution < -0.4 is 5.73 Å². The molecule has 0 aromatic heterocycles. The summed E-state index contributed by atoms with van der Waals surface area (Å²) in [5.74, 6) is 0.626. The highest BCUT2D eigenvalue weighted by Gasteiger charge is 2.26. The molecule has 4 heteroatoms. The first-order chi connectivity index (χ1) is 9.13. The lowest BCUT2D eigenvalue weighted by molar-refractivity contribution is 0.0623. The molecule has 1 heterocycles. The number of benzene rings is 1. The Morgan fingerprint density at radius 1 is 1.30 bits per heavy atom. The Hall–Kier alpha value is -1.06. The Balaban J connectivity index is 0.00000200. The fourth-order valence-electron chi connectivity index (χ4n) is 2.69. The summed E-state index contributed by atoms with van der Waals surface area (Å²) in [6.45, 7) is 5.72. The monoisotopic (exact) mass is 296 g/mol. The van der Waals surface area contributed by atoms with Gasteiger partial charge in [-0.1, -0.05) is 26.0 Å². The molecule has 20 heavy (non-hydrogen) atoms. The lowest BCUT2D eigenvalue weighted by Gasteiger charge is -2.35. The lowest BCUT2D eigenvalue weighted by Crippen LogP contribution is -2.47. The molecular weight excluding hydrogens is 272 g/mol. The van der Waals surface area contributed by atoms with Gasteiger partial charge in [0.1, 0.15) is 0 Å². The first-order valence-corrected chi connectivity index (χ1v) is 7.24. The van der Waals surface area contributed by atoms with Crippen LogP contribution in [-0.2, 0) is 0 Å². The van der Waals surface area contributed by atoms with E-state index in [1.807, 2.05) is 17.0 Å². The molecule has 1 saturated heterocycles. The van der Waals surface area contributed by atoms with Gasteiger partial charge in [0.25, 0.3) is 5.91 Å². The van der Waals surface area contributed by atoms with Crippen LogP contribution in [0.3, 0.4) is 0 Å². The number of halogens is 1. The molecule has 1 aromatic rings. The van der Waals surface area contributed by atoms with Gasteiger partial charge < -0.3 is 10.6 Å². The van der Waals surface area contributed by atoms with Gasteiger partial charge in [-0.2, -0.15) is 0 Å². The summed E-state index contributed by atoms with van der Waals surface area (Å²) in [5, 5.41) is 0. The van der Waals surface area contributed by atoms with E-state index in [2.05, 4.69) is 26.0 Å². The van der Waals surface area contributed by atoms with Crippen molar-refractivity contribution < 1.29 is 4.79 Å². The van der Waals surface area contributed by atoms with Gasteiger partial charge in [-0.15, -0.1) is 12.4 Å². The van der Waals surface area contributed by atoms with Crippen LogP contribution in [0.1, 0.15) is 54.9 Å². The van der Waals surface area contributed by atoms with Crippen LogP contribution in [0, 0.1) is 0 Å². The quantitative estimate of drug-likeness (QED) is 0.931. The predicted molar refractivity (Wildman–Crippen MR) is 85.5 cm³/mol. The van der Waals surface area contributed by atoms with E-state index < -0.39 is 0 Å². The predicted octanol–water partition coefficient (Wildman–Crippen LogP) is 3.19. The summed E-state index contributed by atoms with van der Waals surface area (Å²) in [7, 11) is 0. The smallest absolute Gasteiger partial charge is 0.254 e. The zero-order chi connectivity index (χ0) is 13.8. The first-order valence-electron chi connectivity index (χ1n) is 7.24. The molecule has 1 aliphatic heterocycles. The molecule has 0 radical (unpaired) electrons. The average molecular weight is 297 g/mol. The van der Waals surface area contributed by atoms with Crippen molar-refractivity contribution in [2.24, 2.45) is 5.73 Å². The molecule has 0 saturated carbocycles. The third kappa shape index (κ3) is 3.74. The molecule has 112 valence electrons. The summed E-state index contributed by atoms with van der Waals surface area (Å²) < 4.78 is 0. The zero-order valence-electron chi connectivity index (χ0n) is 12.3. The maximum absolute atomic E-state index is 12.5. The highest BCUT2D eigenvalue weighted by atomic mass is 35.5. The van der Waals surface area contributed by atoms with Gasteiger partial charge in [0, 0.05) is 24.7 Å². The number of nitrogens with zero attached hydrogens (tertiary/aromatic N) is 1. The number of nitrogens with two attached hydrogens (primary N) is 1. The van der Waals surface area contributed by atoms with Crippen LogP contribution in [0.4, 0.5) is 0 Å². The second-order valence-corrected chi connectivity index (χ2v) is 5.66. The molecular formula is C16H25ClN2O. The lowest BCUT2D eigenvalue weighted by atomic mass is 9.99. The number of likely N-dealkylation sites (tertiary alicyclic amines) is 1. The molecule has 1 aliphatic rings. The third-order valence-corrected chi connectivity index (χ3v) is 3.98. The third-order valence-electron chi connectivity index (χ3n) is 3.98. The fraction of sp³-hybridized carbons (Fsp3) is 0.562. The molecule has 1 aromatic carbocycles. The number of piperidine rings is 1. The van der Waals surface area contributed by atoms with Crippen molar-refractivity contribution in [1.82, 2.24) is 4.90 Å². The SMILES string of the molecule is CC(C)c1ccc(C(=O)N2CCCCC2CN)cc1.Cl. The van der Waals surface area contributed by atoms with Gasteiger partial charge >= 0.3 is 0 Å². The van der Waals surface area contributed by atoms with E-state index in [1.54, 1.807) is 0 Å². The minimum Gasteiger partial charge on any atom is -0.334 e. The summed E-state index contributed by atoms with van der Waals surface area (Å²) in [6.07, 6.45) is 3.30. The van der Waals surface area contributed by atoms with Crippen LogP contribution in [-0.4, -0.2) is 29.9 Å². The first kappa shape index (κ1) is 17.0. The van der Waals surface area contributed by atoms with Crippen LogP contribution in [0.25, 0.3) is 0 Å². The summed E-state index contributed by atoms with van der Waals surface area (Å²) in [6, 6.07) is 8.21. The Kier molecular flexibility index (Phi) is 6.50. The van der Waals surface area contributed by atoms with Gasteiger partial charge in [-0.3, -0.25) is 4.79 Å². The zero-order valence-corrected chi connectivity index (χ0v) is 13.2. The van der Waals surface area contributed by atoms with E-state index in [9.17, 15) is 4.79 Å². The maximum atomic E-state index is 12.5. The number of carbonyl (C=O) groups is 1. The average Bonchev–Trinajstić information content (AvgIpc) is 2.46. The van der Waals surface area contributed by atoms with Crippen molar-refractivity contribution in [2.75, 3.05) is 13.1 Å². The summed E-state index contributed by atoms with van der Waals surface area (Å²) >= 11 is 0. The molecule has 0 aliphatic carbocycles. The summed E-state index contributed by atoms with van der Waals surface area (Å²) in [5.41, 5.74) is 7.83. The molecule has 0 spiro atoms. The van der Waals surface area contributed by atoms with Crippen LogP contribution in [0.5, 0.6) is 0 Å². The van der Waals surface area contributed by atoms with Crippen LogP contribution >= 0.6 is 12.4 Å². The van der Waals surface area contributed by atoms with Crippen LogP contribution in [0.2, 0.25) is 0 Å². The summed E-state index contributed by atoms with van der Waals surface area (Å²) in [4.78, 5) is 14.5. The molecule has 2 N–H and O–H groups in total. The van der Waals surface area contributed by atoms with Crippen molar-refractivity contribution in [3.63, 3.8) is 0 Å². The van der Waals surface area contributed by atoms with E-state index >= 15 is 0 Å². The molecule has 1 atom stereocenters. The van der Waals surface area contributed by atoms with Gasteiger partial charge in [0.2, 0.25) is 0 Å². The topological polar surface area (TPSA) is 46.3 Å². The highest BCUT2D eigenvalue weighted by molar-refractivity contribution is 5.94. The minimum atomic E-state index is 0. The minimum absolute atomic E-state index is 0. The van der Waals surface area contributed by atoms with E-state index in [-0.39, 0.29) is 24.4 Å². The Morgan fingerprint density at radius 3 is 2.50 bits per heavy atom. The second-order valence-electron chi connectivity index (χ2n) is 5.66. The van der Waals surface area contributed by atoms with E-state index in [0.717, 1.165) is 24.9 Å². The molecule has 1 amide bonds. The Labute approximate surface area is 127 Å². The normalized spacial score (nSPS) is 18.8. The van der Waals surface area contributed by atoms with Crippen molar-refractivity contribution >= 4 is 18.3 Å². The van der Waals surface area contributed by atoms with Crippen molar-refractivity contribution in [3.8, 4) is 0 Å². The van der Waals surface area contributed by atoms with E-state index in [1.165, 1.54) is 12.0 Å². The number of rotatable bonds is 3. The van der Waals surface area contributed by atoms with Crippen LogP contribution in [0.15, 0.2) is 24.3 Å². The molecule has 1 unspecified atom stereocenters. The Morgan fingerprint density at radius 2 is 1.95 bits per heavy atom. The van der Waals surface area contributed by atoms with Crippen molar-refractivity contribution in [2.45, 2.75) is 45.1 Å². The van der Waals surface area contributed by atoms with Gasteiger partial charge in [0.15, 0.2) is 0 Å². The van der Waals surface area contributed by atoms with E-state index in [4.69, 9.17) is 5.73 Å². The fourth-order valence-corrected chi connectivity index (χ4v) is 2.69. The van der Waals surface area contributed by atoms with Gasteiger partial charge in [0.05, 0.1) is 0 Å². The van der Waals surface area contributed by atoms with Crippen molar-refractivity contribution in [3.05, 3.63) is 35.4 Å². The second kappa shape index (κ2) is 7.65. The largest absolute Gasteiger partial charge is 0.334 e. The van der Waals surface area contributed by atoms with Gasteiger partial charge in [-0.05, 0) is 42.9 Å². The van der Waals surface area contributed by atoms with Gasteiger partial charge in [-0.25, -0.2) is 0 Å². The molecule has 2 rings (SSSR count). The molecule has 3 nitrogen and oxygen atoms in total. The molecule has 1 fully saturated rings. The van der Waals surface area contributed by atoms with Crippen molar-refractivity contribution in [1.29, 1.82) is 0 Å². The highest BCUT2D eigenvalue weighted by Crippen LogP contribution is 2.20. The maximum Gasteiger partial charge on any atom is 0.254 e. The number of hydrogen-bond donors (Lipinski definition) is 1. The number of amides is 1. The standard InChI is InChI=1S/C16H24N2O.ClH/c1-12(2)13-6-8-14(9-7-13)16(19)18-10-4-3-5-15(18)11-17;/h6-9,12,15H,3-5,10-11,17H2,1-2H3;1H. The Bertz CT molecular complexity index is 431. The number of carbonyl (C=O) groups excluding carboxylic acids is 1. The van der Waals surface area contributed by atoms with E-state index in [0.29, 0.717) is 12.5 Å². The molecule has 0 bridgehead atoms.